The third-order valence-corrected chi connectivity index (χ3v) is 6.88. The van der Waals surface area contributed by atoms with Gasteiger partial charge in [-0.05, 0) is 64.5 Å². The van der Waals surface area contributed by atoms with Crippen LogP contribution in [0.3, 0.4) is 0 Å². The number of rotatable bonds is 11. The summed E-state index contributed by atoms with van der Waals surface area (Å²) in [5.41, 5.74) is 3.12. The number of hydrogen-bond acceptors (Lipinski definition) is 4. The van der Waals surface area contributed by atoms with Crippen LogP contribution >= 0.6 is 0 Å². The Bertz CT molecular complexity index is 848. The van der Waals surface area contributed by atoms with E-state index in [4.69, 9.17) is 0 Å². The molecule has 0 saturated carbocycles. The maximum absolute atomic E-state index is 12.9. The molecule has 0 unspecified atom stereocenters. The van der Waals surface area contributed by atoms with Gasteiger partial charge in [-0.2, -0.15) is 0 Å². The smallest absolute Gasteiger partial charge is 0.246 e. The van der Waals surface area contributed by atoms with E-state index >= 15 is 0 Å². The molecule has 0 aliphatic heterocycles. The molecule has 0 amide bonds. The number of aryl methyl sites for hydroxylation is 1. The van der Waals surface area contributed by atoms with Crippen molar-refractivity contribution in [2.75, 3.05) is 14.1 Å². The summed E-state index contributed by atoms with van der Waals surface area (Å²) >= 11 is 0. The summed E-state index contributed by atoms with van der Waals surface area (Å²) in [7, 11) is -0.935. The van der Waals surface area contributed by atoms with Crippen LogP contribution in [0.5, 0.6) is 11.5 Å². The van der Waals surface area contributed by atoms with Gasteiger partial charge in [0.15, 0.2) is 0 Å². The molecule has 1 aromatic rings. The molecule has 0 heterocycles. The van der Waals surface area contributed by atoms with E-state index in [1.807, 2.05) is 13.0 Å². The zero-order valence-corrected chi connectivity index (χ0v) is 19.6. The third-order valence-electron chi connectivity index (χ3n) is 4.95. The molecule has 0 bridgehead atoms. The quantitative estimate of drug-likeness (QED) is 0.373. The Hall–Kier alpha value is -1.79. The number of phenolic OH excluding ortho intramolecular Hbond substituents is 2. The van der Waals surface area contributed by atoms with E-state index in [1.54, 1.807) is 0 Å². The number of hydrogen-bond donors (Lipinski definition) is 2. The number of sulfonamides is 1. The molecule has 164 valence electrons. The highest BCUT2D eigenvalue weighted by Gasteiger charge is 2.28. The highest BCUT2D eigenvalue weighted by molar-refractivity contribution is 7.89. The molecule has 1 rings (SSSR count). The van der Waals surface area contributed by atoms with Gasteiger partial charge in [-0.1, -0.05) is 43.1 Å². The summed E-state index contributed by atoms with van der Waals surface area (Å²) in [4.78, 5) is -0.0815. The van der Waals surface area contributed by atoms with E-state index in [9.17, 15) is 18.6 Å². The maximum Gasteiger partial charge on any atom is 0.246 e. The molecule has 0 fully saturated rings. The number of phenols is 2. The lowest BCUT2D eigenvalue weighted by Crippen LogP contribution is -2.24. The molecule has 1 aromatic carbocycles. The van der Waals surface area contributed by atoms with Crippen LogP contribution in [-0.2, 0) is 22.9 Å². The Labute approximate surface area is 176 Å². The van der Waals surface area contributed by atoms with Crippen LogP contribution in [0.25, 0.3) is 0 Å². The number of unbranched alkanes of at least 4 members (excludes halogenated alkanes) is 2. The summed E-state index contributed by atoms with van der Waals surface area (Å²) < 4.78 is 26.9. The van der Waals surface area contributed by atoms with E-state index in [1.165, 1.54) is 25.7 Å². The van der Waals surface area contributed by atoms with E-state index in [-0.39, 0.29) is 28.4 Å². The first-order valence-electron chi connectivity index (χ1n) is 10.3. The fourth-order valence-corrected chi connectivity index (χ4v) is 4.34. The van der Waals surface area contributed by atoms with Crippen molar-refractivity contribution in [3.8, 4) is 11.5 Å². The Kier molecular flexibility index (Phi) is 9.93. The molecule has 0 atom stereocenters. The predicted octanol–water partition coefficient (Wildman–Crippen LogP) is 5.32. The van der Waals surface area contributed by atoms with E-state index in [0.29, 0.717) is 12.0 Å². The second-order valence-electron chi connectivity index (χ2n) is 8.03. The summed E-state index contributed by atoms with van der Waals surface area (Å²) in [6.07, 6.45) is 9.45. The molecular weight excluding hydrogens is 386 g/mol. The monoisotopic (exact) mass is 423 g/mol. The first kappa shape index (κ1) is 25.2. The maximum atomic E-state index is 12.9. The van der Waals surface area contributed by atoms with Gasteiger partial charge < -0.3 is 10.2 Å². The highest BCUT2D eigenvalue weighted by Crippen LogP contribution is 2.39. The van der Waals surface area contributed by atoms with Crippen LogP contribution in [0, 0.1) is 0 Å². The minimum atomic E-state index is -3.83. The molecule has 6 heteroatoms. The van der Waals surface area contributed by atoms with Gasteiger partial charge in [0.25, 0.3) is 0 Å². The van der Waals surface area contributed by atoms with Crippen molar-refractivity contribution >= 4 is 10.0 Å². The van der Waals surface area contributed by atoms with Gasteiger partial charge in [0.1, 0.15) is 16.4 Å². The molecule has 0 aliphatic carbocycles. The van der Waals surface area contributed by atoms with Gasteiger partial charge in [-0.25, -0.2) is 12.7 Å². The Morgan fingerprint density at radius 2 is 1.76 bits per heavy atom. The lowest BCUT2D eigenvalue weighted by molar-refractivity contribution is 0.423. The molecule has 5 nitrogen and oxygen atoms in total. The summed E-state index contributed by atoms with van der Waals surface area (Å²) in [5, 5.41) is 21.4. The summed E-state index contributed by atoms with van der Waals surface area (Å²) in [5.74, 6) is -0.390. The van der Waals surface area contributed by atoms with Crippen LogP contribution in [0.1, 0.15) is 70.9 Å². The average molecular weight is 424 g/mol. The molecule has 2 N–H and O–H groups in total. The normalized spacial score (nSPS) is 12.4. The van der Waals surface area contributed by atoms with Crippen molar-refractivity contribution in [1.29, 1.82) is 0 Å². The lowest BCUT2D eigenvalue weighted by Gasteiger charge is -2.19. The third kappa shape index (κ3) is 7.19. The minimum absolute atomic E-state index is 0.0555. The molecular formula is C23H37NO4S. The zero-order chi connectivity index (χ0) is 22.2. The lowest BCUT2D eigenvalue weighted by atomic mass is 10.00. The topological polar surface area (TPSA) is 77.8 Å². The molecule has 29 heavy (non-hydrogen) atoms. The van der Waals surface area contributed by atoms with Gasteiger partial charge in [0.05, 0.1) is 0 Å². The molecule has 0 radical (unpaired) electrons. The first-order valence-corrected chi connectivity index (χ1v) is 11.7. The van der Waals surface area contributed by atoms with Crippen molar-refractivity contribution < 1.29 is 18.6 Å². The van der Waals surface area contributed by atoms with E-state index < -0.39 is 10.0 Å². The number of nitrogens with zero attached hydrogens (tertiary/aromatic N) is 1. The fraction of sp³-hybridized carbons (Fsp3) is 0.565. The molecule has 0 saturated heterocycles. The molecule has 0 spiro atoms. The summed E-state index contributed by atoms with van der Waals surface area (Å²) in [6.45, 7) is 8.19. The van der Waals surface area contributed by atoms with Crippen LogP contribution < -0.4 is 0 Å². The number of allylic oxidation sites excluding steroid dienone is 4. The number of benzene rings is 1. The predicted molar refractivity (Wildman–Crippen MR) is 120 cm³/mol. The van der Waals surface area contributed by atoms with Gasteiger partial charge >= 0.3 is 0 Å². The second kappa shape index (κ2) is 11.4. The van der Waals surface area contributed by atoms with Crippen molar-refractivity contribution in [2.24, 2.45) is 0 Å². The SMILES string of the molecule is CCCCCc1cc(O)c(C/C=C(\C)CCC=C(C)C)c(O)c1S(=O)(=O)N(C)C. The zero-order valence-electron chi connectivity index (χ0n) is 18.7. The van der Waals surface area contributed by atoms with Crippen LogP contribution in [0.4, 0.5) is 0 Å². The van der Waals surface area contributed by atoms with Crippen molar-refractivity contribution in [3.63, 3.8) is 0 Å². The van der Waals surface area contributed by atoms with Gasteiger partial charge in [0.2, 0.25) is 10.0 Å². The van der Waals surface area contributed by atoms with Crippen LogP contribution in [-0.4, -0.2) is 37.0 Å². The fourth-order valence-electron chi connectivity index (χ4n) is 3.12. The van der Waals surface area contributed by atoms with Crippen molar-refractivity contribution in [1.82, 2.24) is 4.31 Å². The van der Waals surface area contributed by atoms with Gasteiger partial charge in [-0.15, -0.1) is 0 Å². The van der Waals surface area contributed by atoms with Crippen molar-refractivity contribution in [3.05, 3.63) is 40.5 Å². The molecule has 0 aromatic heterocycles. The first-order chi connectivity index (χ1) is 13.5. The Morgan fingerprint density at radius 3 is 2.31 bits per heavy atom. The second-order valence-corrected chi connectivity index (χ2v) is 10.1. The van der Waals surface area contributed by atoms with Crippen molar-refractivity contribution in [2.45, 2.75) is 77.5 Å². The average Bonchev–Trinajstić information content (AvgIpc) is 2.60. The van der Waals surface area contributed by atoms with E-state index in [0.717, 1.165) is 42.0 Å². The van der Waals surface area contributed by atoms with Gasteiger partial charge in [-0.3, -0.25) is 0 Å². The number of aromatic hydroxyl groups is 2. The van der Waals surface area contributed by atoms with Gasteiger partial charge in [0, 0.05) is 19.7 Å². The molecule has 0 aliphatic rings. The highest BCUT2D eigenvalue weighted by atomic mass is 32.2. The summed E-state index contributed by atoms with van der Waals surface area (Å²) in [6, 6.07) is 1.51. The van der Waals surface area contributed by atoms with Crippen LogP contribution in [0.15, 0.2) is 34.3 Å². The Morgan fingerprint density at radius 1 is 1.10 bits per heavy atom. The minimum Gasteiger partial charge on any atom is -0.508 e. The van der Waals surface area contributed by atoms with E-state index in [2.05, 4.69) is 26.8 Å². The largest absolute Gasteiger partial charge is 0.508 e. The Balaban J connectivity index is 3.31. The standard InChI is InChI=1S/C23H37NO4S/c1-7-8-9-13-19-16-21(25)20(15-14-18(4)12-10-11-17(2)3)22(26)23(19)29(27,28)24(5)6/h11,14,16,25-26H,7-10,12-13,15H2,1-6H3/b18-14+. The van der Waals surface area contributed by atoms with Crippen LogP contribution in [0.2, 0.25) is 0 Å².